The fourth-order valence-corrected chi connectivity index (χ4v) is 7.72. The fraction of sp³-hybridized carbons (Fsp3) is 0.760. The fourth-order valence-electron chi connectivity index (χ4n) is 7.72. The summed E-state index contributed by atoms with van der Waals surface area (Å²) in [6.07, 6.45) is 5.59. The highest BCUT2D eigenvalue weighted by molar-refractivity contribution is 5.92. The smallest absolute Gasteiger partial charge is 0.303 e. The largest absolute Gasteiger partial charge is 0.462 e. The minimum Gasteiger partial charge on any atom is -0.462 e. The van der Waals surface area contributed by atoms with Crippen LogP contribution in [0.25, 0.3) is 0 Å². The summed E-state index contributed by atoms with van der Waals surface area (Å²) in [5, 5.41) is 11.7. The van der Waals surface area contributed by atoms with Gasteiger partial charge in [-0.3, -0.25) is 19.2 Å². The molecule has 0 spiro atoms. The highest BCUT2D eigenvalue weighted by Crippen LogP contribution is 2.68. The van der Waals surface area contributed by atoms with Gasteiger partial charge in [0.1, 0.15) is 11.7 Å². The Labute approximate surface area is 188 Å². The van der Waals surface area contributed by atoms with Crippen LogP contribution in [0.4, 0.5) is 0 Å². The molecule has 0 radical (unpaired) electrons. The molecule has 0 saturated heterocycles. The van der Waals surface area contributed by atoms with Crippen LogP contribution >= 0.6 is 0 Å². The number of hydrogen-bond acceptors (Lipinski definition) is 7. The van der Waals surface area contributed by atoms with Crippen LogP contribution in [0.2, 0.25) is 0 Å². The van der Waals surface area contributed by atoms with Gasteiger partial charge in [-0.25, -0.2) is 0 Å². The molecule has 176 valence electrons. The zero-order chi connectivity index (χ0) is 23.5. The summed E-state index contributed by atoms with van der Waals surface area (Å²) in [4.78, 5) is 48.5. The van der Waals surface area contributed by atoms with E-state index in [1.54, 1.807) is 6.08 Å². The maximum atomic E-state index is 13.1. The molecule has 7 atom stereocenters. The molecule has 0 bridgehead atoms. The molecule has 0 aromatic heterocycles. The molecule has 7 heteroatoms. The Balaban J connectivity index is 1.73. The third kappa shape index (κ3) is 3.35. The van der Waals surface area contributed by atoms with Gasteiger partial charge >= 0.3 is 11.9 Å². The molecule has 4 rings (SSSR count). The highest BCUT2D eigenvalue weighted by Gasteiger charge is 2.69. The predicted molar refractivity (Wildman–Crippen MR) is 114 cm³/mol. The van der Waals surface area contributed by atoms with Gasteiger partial charge in [-0.1, -0.05) is 19.4 Å². The number of hydrogen-bond donors (Lipinski definition) is 1. The van der Waals surface area contributed by atoms with Crippen LogP contribution in [0.5, 0.6) is 0 Å². The SMILES string of the molecule is CC(=O)OCC(=O)[C@@]1(O)CC[C@@H]2[C@@H]3CCC4=CC(=O)CC[C@@]4(C)[C@H]3[C@@H](OC(C)=O)C[C@@]21C. The van der Waals surface area contributed by atoms with Crippen molar-refractivity contribution in [3.05, 3.63) is 11.6 Å². The number of carbonyl (C=O) groups excluding carboxylic acids is 4. The molecular formula is C25H34O7. The summed E-state index contributed by atoms with van der Waals surface area (Å²) in [7, 11) is 0. The van der Waals surface area contributed by atoms with E-state index in [1.807, 2.05) is 6.92 Å². The number of aliphatic hydroxyl groups is 1. The van der Waals surface area contributed by atoms with Crippen LogP contribution < -0.4 is 0 Å². The Bertz CT molecular complexity index is 891. The Hall–Kier alpha value is -2.02. The van der Waals surface area contributed by atoms with Gasteiger partial charge in [0.15, 0.2) is 12.4 Å². The molecule has 0 aromatic rings. The lowest BCUT2D eigenvalue weighted by atomic mass is 9.45. The second-order valence-corrected chi connectivity index (χ2v) is 10.8. The van der Waals surface area contributed by atoms with Crippen LogP contribution in [0.1, 0.15) is 72.6 Å². The van der Waals surface area contributed by atoms with Gasteiger partial charge in [0, 0.05) is 31.6 Å². The Kier molecular flexibility index (Phi) is 5.63. The van der Waals surface area contributed by atoms with Crippen molar-refractivity contribution in [2.24, 2.45) is 28.6 Å². The molecule has 32 heavy (non-hydrogen) atoms. The summed E-state index contributed by atoms with van der Waals surface area (Å²) in [5.41, 5.74) is -1.50. The first kappa shape index (κ1) is 23.1. The van der Waals surface area contributed by atoms with Gasteiger partial charge in [0.05, 0.1) is 0 Å². The molecule has 0 heterocycles. The number of ether oxygens (including phenoxy) is 2. The quantitative estimate of drug-likeness (QED) is 0.662. The number of carbonyl (C=O) groups is 4. The second kappa shape index (κ2) is 7.79. The number of Topliss-reactive ketones (excluding diaryl/α,β-unsaturated/α-hetero) is 1. The van der Waals surface area contributed by atoms with E-state index in [2.05, 4.69) is 6.92 Å². The summed E-state index contributed by atoms with van der Waals surface area (Å²) in [6, 6.07) is 0. The monoisotopic (exact) mass is 446 g/mol. The van der Waals surface area contributed by atoms with E-state index >= 15 is 0 Å². The van der Waals surface area contributed by atoms with E-state index in [-0.39, 0.29) is 34.9 Å². The van der Waals surface area contributed by atoms with Crippen molar-refractivity contribution >= 4 is 23.5 Å². The summed E-state index contributed by atoms with van der Waals surface area (Å²) in [5.74, 6) is -0.964. The Morgan fingerprint density at radius 3 is 2.47 bits per heavy atom. The highest BCUT2D eigenvalue weighted by atomic mass is 16.5. The van der Waals surface area contributed by atoms with Crippen LogP contribution in [0.15, 0.2) is 11.6 Å². The Morgan fingerprint density at radius 2 is 1.81 bits per heavy atom. The van der Waals surface area contributed by atoms with Crippen molar-refractivity contribution in [1.82, 2.24) is 0 Å². The van der Waals surface area contributed by atoms with Crippen molar-refractivity contribution in [3.8, 4) is 0 Å². The lowest BCUT2D eigenvalue weighted by Gasteiger charge is -2.60. The van der Waals surface area contributed by atoms with Gasteiger partial charge in [0.2, 0.25) is 5.78 Å². The third-order valence-electron chi connectivity index (χ3n) is 9.21. The van der Waals surface area contributed by atoms with Crippen molar-refractivity contribution in [3.63, 3.8) is 0 Å². The van der Waals surface area contributed by atoms with Gasteiger partial charge < -0.3 is 14.6 Å². The van der Waals surface area contributed by atoms with Crippen molar-refractivity contribution < 1.29 is 33.8 Å². The van der Waals surface area contributed by atoms with E-state index in [0.717, 1.165) is 24.8 Å². The lowest BCUT2D eigenvalue weighted by molar-refractivity contribution is -0.196. The normalized spacial score (nSPS) is 42.8. The van der Waals surface area contributed by atoms with Crippen LogP contribution in [0.3, 0.4) is 0 Å². The molecule has 7 nitrogen and oxygen atoms in total. The number of allylic oxidation sites excluding steroid dienone is 1. The minimum absolute atomic E-state index is 0.0449. The molecule has 4 aliphatic carbocycles. The number of ketones is 2. The number of esters is 2. The average molecular weight is 447 g/mol. The Morgan fingerprint density at radius 1 is 1.09 bits per heavy atom. The first-order chi connectivity index (χ1) is 14.9. The third-order valence-corrected chi connectivity index (χ3v) is 9.21. The van der Waals surface area contributed by atoms with Crippen molar-refractivity contribution in [2.75, 3.05) is 6.61 Å². The van der Waals surface area contributed by atoms with E-state index in [1.165, 1.54) is 13.8 Å². The minimum atomic E-state index is -1.63. The van der Waals surface area contributed by atoms with E-state index in [4.69, 9.17) is 9.47 Å². The summed E-state index contributed by atoms with van der Waals surface area (Å²) in [6.45, 7) is 6.30. The number of fused-ring (bicyclic) bond motifs is 5. The molecule has 0 amide bonds. The molecular weight excluding hydrogens is 412 g/mol. The maximum absolute atomic E-state index is 13.1. The van der Waals surface area contributed by atoms with Gasteiger partial charge in [-0.2, -0.15) is 0 Å². The van der Waals surface area contributed by atoms with Crippen molar-refractivity contribution in [2.45, 2.75) is 84.3 Å². The van der Waals surface area contributed by atoms with Gasteiger partial charge in [-0.05, 0) is 61.9 Å². The summed E-state index contributed by atoms with van der Waals surface area (Å²) < 4.78 is 10.8. The van der Waals surface area contributed by atoms with Crippen molar-refractivity contribution in [1.29, 1.82) is 0 Å². The molecule has 0 unspecified atom stereocenters. The maximum Gasteiger partial charge on any atom is 0.303 e. The number of rotatable bonds is 4. The first-order valence-electron chi connectivity index (χ1n) is 11.7. The lowest BCUT2D eigenvalue weighted by Crippen LogP contribution is -2.62. The zero-order valence-electron chi connectivity index (χ0n) is 19.4. The molecule has 1 N–H and O–H groups in total. The van der Waals surface area contributed by atoms with E-state index in [0.29, 0.717) is 25.7 Å². The van der Waals surface area contributed by atoms with Crippen LogP contribution in [0, 0.1) is 28.6 Å². The van der Waals surface area contributed by atoms with E-state index < -0.39 is 35.5 Å². The zero-order valence-corrected chi connectivity index (χ0v) is 19.4. The van der Waals surface area contributed by atoms with Crippen LogP contribution in [-0.4, -0.2) is 46.9 Å². The van der Waals surface area contributed by atoms with Gasteiger partial charge in [0.25, 0.3) is 0 Å². The van der Waals surface area contributed by atoms with E-state index in [9.17, 15) is 24.3 Å². The van der Waals surface area contributed by atoms with Gasteiger partial charge in [-0.15, -0.1) is 0 Å². The van der Waals surface area contributed by atoms with Crippen LogP contribution in [-0.2, 0) is 28.7 Å². The predicted octanol–water partition coefficient (Wildman–Crippen LogP) is 2.92. The second-order valence-electron chi connectivity index (χ2n) is 10.8. The molecule has 3 fully saturated rings. The molecule has 0 aliphatic heterocycles. The average Bonchev–Trinajstić information content (AvgIpc) is 2.97. The molecule has 0 aromatic carbocycles. The molecule has 4 aliphatic rings. The first-order valence-corrected chi connectivity index (χ1v) is 11.7. The topological polar surface area (TPSA) is 107 Å². The summed E-state index contributed by atoms with van der Waals surface area (Å²) >= 11 is 0. The standard InChI is InChI=1S/C25H34O7/c1-14(26)31-13-21(29)25(30)10-8-19-18-6-5-16-11-17(28)7-9-23(16,3)22(18)20(32-15(2)27)12-24(19,25)4/h11,18-20,22,30H,5-10,12-13H2,1-4H3/t18-,19+,20-,22+,23+,24-,25-/m0/s1. The molecule has 3 saturated carbocycles.